The number of nitro benzene ring substituents is 1. The van der Waals surface area contributed by atoms with Crippen molar-refractivity contribution in [2.24, 2.45) is 0 Å². The van der Waals surface area contributed by atoms with Gasteiger partial charge < -0.3 is 9.47 Å². The van der Waals surface area contributed by atoms with Crippen molar-refractivity contribution in [3.63, 3.8) is 0 Å². The number of rotatable bonds is 9. The highest BCUT2D eigenvalue weighted by Gasteiger charge is 2.35. The number of nitrogens with zero attached hydrogens (tertiary/aromatic N) is 2. The molecule has 2 amide bonds. The van der Waals surface area contributed by atoms with Crippen LogP contribution in [0.2, 0.25) is 5.02 Å². The summed E-state index contributed by atoms with van der Waals surface area (Å²) in [6, 6.07) is 18.7. The van der Waals surface area contributed by atoms with E-state index in [2.05, 4.69) is 0 Å². The SMILES string of the molecule is CCOc1cc(/C=C2\SC(=O)N(Cc3ccc([N+](=O)[O-])cc3)C2=O)cc(Cl)c1OCc1ccccc1. The fourth-order valence-electron chi connectivity index (χ4n) is 3.50. The van der Waals surface area contributed by atoms with Gasteiger partial charge in [-0.25, -0.2) is 0 Å². The lowest BCUT2D eigenvalue weighted by Crippen LogP contribution is -2.27. The van der Waals surface area contributed by atoms with Crippen LogP contribution in [-0.4, -0.2) is 27.6 Å². The van der Waals surface area contributed by atoms with Crippen LogP contribution >= 0.6 is 23.4 Å². The fourth-order valence-corrected chi connectivity index (χ4v) is 4.61. The first kappa shape index (κ1) is 25.3. The van der Waals surface area contributed by atoms with Gasteiger partial charge >= 0.3 is 0 Å². The summed E-state index contributed by atoms with van der Waals surface area (Å²) in [5.74, 6) is 0.366. The van der Waals surface area contributed by atoms with Crippen LogP contribution in [0.1, 0.15) is 23.6 Å². The summed E-state index contributed by atoms with van der Waals surface area (Å²) >= 11 is 7.32. The molecule has 1 heterocycles. The number of halogens is 1. The molecule has 0 aliphatic carbocycles. The molecule has 10 heteroatoms. The van der Waals surface area contributed by atoms with E-state index in [1.54, 1.807) is 18.2 Å². The Kier molecular flexibility index (Phi) is 7.92. The van der Waals surface area contributed by atoms with Crippen LogP contribution in [0.3, 0.4) is 0 Å². The number of non-ortho nitro benzene ring substituents is 1. The van der Waals surface area contributed by atoms with E-state index < -0.39 is 16.1 Å². The van der Waals surface area contributed by atoms with Gasteiger partial charge in [0.05, 0.1) is 28.0 Å². The Labute approximate surface area is 216 Å². The van der Waals surface area contributed by atoms with Crippen molar-refractivity contribution in [2.75, 3.05) is 6.61 Å². The summed E-state index contributed by atoms with van der Waals surface area (Å²) in [6.45, 7) is 2.54. The molecule has 1 aliphatic heterocycles. The predicted molar refractivity (Wildman–Crippen MR) is 138 cm³/mol. The average molecular weight is 525 g/mol. The molecule has 0 spiro atoms. The summed E-state index contributed by atoms with van der Waals surface area (Å²) in [5.41, 5.74) is 2.09. The van der Waals surface area contributed by atoms with Crippen LogP contribution < -0.4 is 9.47 Å². The summed E-state index contributed by atoms with van der Waals surface area (Å²) in [6.07, 6.45) is 1.58. The van der Waals surface area contributed by atoms with Crippen molar-refractivity contribution in [1.82, 2.24) is 4.90 Å². The predicted octanol–water partition coefficient (Wildman–Crippen LogP) is 6.46. The van der Waals surface area contributed by atoms with E-state index in [-0.39, 0.29) is 17.1 Å². The van der Waals surface area contributed by atoms with E-state index in [0.29, 0.717) is 40.9 Å². The number of hydrogen-bond acceptors (Lipinski definition) is 7. The first-order chi connectivity index (χ1) is 17.4. The second-order valence-electron chi connectivity index (χ2n) is 7.73. The molecule has 0 saturated carbocycles. The number of carbonyl (C=O) groups excluding carboxylic acids is 2. The molecule has 1 saturated heterocycles. The van der Waals surface area contributed by atoms with E-state index in [1.807, 2.05) is 37.3 Å². The molecule has 1 aliphatic rings. The second kappa shape index (κ2) is 11.3. The molecule has 8 nitrogen and oxygen atoms in total. The van der Waals surface area contributed by atoms with Crippen LogP contribution in [0.4, 0.5) is 10.5 Å². The first-order valence-corrected chi connectivity index (χ1v) is 12.2. The maximum atomic E-state index is 12.9. The number of imide groups is 1. The number of amides is 2. The zero-order chi connectivity index (χ0) is 25.7. The van der Waals surface area contributed by atoms with Gasteiger partial charge in [-0.3, -0.25) is 24.6 Å². The summed E-state index contributed by atoms with van der Waals surface area (Å²) in [7, 11) is 0. The maximum Gasteiger partial charge on any atom is 0.293 e. The molecule has 3 aromatic carbocycles. The standard InChI is InChI=1S/C26H21ClN2O6S/c1-2-34-22-13-19(12-21(27)24(22)35-16-18-6-4-3-5-7-18)14-23-25(30)28(26(31)36-23)15-17-8-10-20(11-9-17)29(32)33/h3-14H,2,15-16H2,1H3/b23-14-. The number of ether oxygens (including phenoxy) is 2. The van der Waals surface area contributed by atoms with Crippen molar-refractivity contribution >= 4 is 46.3 Å². The van der Waals surface area contributed by atoms with E-state index in [1.165, 1.54) is 24.3 Å². The molecule has 4 rings (SSSR count). The Balaban J connectivity index is 1.53. The van der Waals surface area contributed by atoms with Crippen LogP contribution in [0, 0.1) is 10.1 Å². The number of hydrogen-bond donors (Lipinski definition) is 0. The Morgan fingerprint density at radius 1 is 1.03 bits per heavy atom. The smallest absolute Gasteiger partial charge is 0.293 e. The number of thioether (sulfide) groups is 1. The molecule has 3 aromatic rings. The van der Waals surface area contributed by atoms with Crippen molar-refractivity contribution in [3.05, 3.63) is 103 Å². The van der Waals surface area contributed by atoms with Crippen LogP contribution in [0.15, 0.2) is 71.6 Å². The van der Waals surface area contributed by atoms with Gasteiger partial charge in [0.1, 0.15) is 6.61 Å². The third-order valence-corrected chi connectivity index (χ3v) is 6.41. The summed E-state index contributed by atoms with van der Waals surface area (Å²) in [5, 5.41) is 10.7. The van der Waals surface area contributed by atoms with Gasteiger partial charge in [0.25, 0.3) is 16.8 Å². The third-order valence-electron chi connectivity index (χ3n) is 5.22. The Morgan fingerprint density at radius 3 is 2.42 bits per heavy atom. The number of nitro groups is 1. The maximum absolute atomic E-state index is 12.9. The molecular formula is C26H21ClN2O6S. The Morgan fingerprint density at radius 2 is 1.75 bits per heavy atom. The highest BCUT2D eigenvalue weighted by atomic mass is 35.5. The van der Waals surface area contributed by atoms with Gasteiger partial charge in [0, 0.05) is 12.1 Å². The Hall–Kier alpha value is -3.82. The number of carbonyl (C=O) groups is 2. The molecule has 0 bridgehead atoms. The van der Waals surface area contributed by atoms with E-state index in [9.17, 15) is 19.7 Å². The average Bonchev–Trinajstić information content (AvgIpc) is 3.12. The minimum absolute atomic E-state index is 0.0111. The molecule has 1 fully saturated rings. The third kappa shape index (κ3) is 5.87. The fraction of sp³-hybridized carbons (Fsp3) is 0.154. The zero-order valence-corrected chi connectivity index (χ0v) is 20.8. The Bertz CT molecular complexity index is 1330. The van der Waals surface area contributed by atoms with Crippen LogP contribution in [-0.2, 0) is 17.9 Å². The second-order valence-corrected chi connectivity index (χ2v) is 9.13. The van der Waals surface area contributed by atoms with Crippen LogP contribution in [0.25, 0.3) is 6.08 Å². The van der Waals surface area contributed by atoms with Crippen molar-refractivity contribution in [1.29, 1.82) is 0 Å². The lowest BCUT2D eigenvalue weighted by atomic mass is 10.1. The normalized spacial score (nSPS) is 14.4. The summed E-state index contributed by atoms with van der Waals surface area (Å²) < 4.78 is 11.7. The molecule has 0 N–H and O–H groups in total. The van der Waals surface area contributed by atoms with Crippen LogP contribution in [0.5, 0.6) is 11.5 Å². The van der Waals surface area contributed by atoms with E-state index in [4.69, 9.17) is 21.1 Å². The van der Waals surface area contributed by atoms with Gasteiger partial charge in [-0.1, -0.05) is 54.1 Å². The monoisotopic (exact) mass is 524 g/mol. The lowest BCUT2D eigenvalue weighted by molar-refractivity contribution is -0.384. The van der Waals surface area contributed by atoms with E-state index in [0.717, 1.165) is 22.2 Å². The van der Waals surface area contributed by atoms with Crippen molar-refractivity contribution in [3.8, 4) is 11.5 Å². The van der Waals surface area contributed by atoms with Gasteiger partial charge in [0.15, 0.2) is 11.5 Å². The van der Waals surface area contributed by atoms with Gasteiger partial charge in [-0.2, -0.15) is 0 Å². The highest BCUT2D eigenvalue weighted by Crippen LogP contribution is 2.40. The van der Waals surface area contributed by atoms with Gasteiger partial charge in [-0.05, 0) is 53.6 Å². The minimum Gasteiger partial charge on any atom is -0.490 e. The molecule has 0 aromatic heterocycles. The minimum atomic E-state index is -0.508. The number of benzene rings is 3. The van der Waals surface area contributed by atoms with Gasteiger partial charge in [0.2, 0.25) is 0 Å². The molecule has 0 atom stereocenters. The lowest BCUT2D eigenvalue weighted by Gasteiger charge is -2.15. The highest BCUT2D eigenvalue weighted by molar-refractivity contribution is 8.18. The zero-order valence-electron chi connectivity index (χ0n) is 19.2. The molecule has 0 unspecified atom stereocenters. The largest absolute Gasteiger partial charge is 0.490 e. The quantitative estimate of drug-likeness (QED) is 0.180. The molecule has 0 radical (unpaired) electrons. The van der Waals surface area contributed by atoms with E-state index >= 15 is 0 Å². The van der Waals surface area contributed by atoms with Crippen molar-refractivity contribution < 1.29 is 24.0 Å². The summed E-state index contributed by atoms with van der Waals surface area (Å²) in [4.78, 5) is 37.1. The van der Waals surface area contributed by atoms with Crippen molar-refractivity contribution in [2.45, 2.75) is 20.1 Å². The first-order valence-electron chi connectivity index (χ1n) is 11.0. The molecule has 184 valence electrons. The molecule has 36 heavy (non-hydrogen) atoms. The topological polar surface area (TPSA) is 99.0 Å². The molecular weight excluding hydrogens is 504 g/mol. The van der Waals surface area contributed by atoms with Gasteiger partial charge in [-0.15, -0.1) is 0 Å².